The van der Waals surface area contributed by atoms with E-state index in [4.69, 9.17) is 9.84 Å². The topological polar surface area (TPSA) is 110 Å². The van der Waals surface area contributed by atoms with Crippen molar-refractivity contribution in [2.75, 3.05) is 25.2 Å². The normalized spacial score (nSPS) is 11.0. The number of rotatable bonds is 9. The van der Waals surface area contributed by atoms with Gasteiger partial charge in [-0.15, -0.1) is 0 Å². The van der Waals surface area contributed by atoms with Crippen molar-refractivity contribution in [3.63, 3.8) is 0 Å². The fourth-order valence-corrected chi connectivity index (χ4v) is 3.32. The average Bonchev–Trinajstić information content (AvgIpc) is 2.46. The summed E-state index contributed by atoms with van der Waals surface area (Å²) in [7, 11) is -1.92. The number of methoxy groups -OCH3 is 1. The summed E-state index contributed by atoms with van der Waals surface area (Å²) in [6.07, 6.45) is 0.880. The van der Waals surface area contributed by atoms with Crippen LogP contribution in [-0.4, -0.2) is 50.6 Å². The standard InChI is InChI=1S/C15H21NO6S/c1-3-8-23(20,21)10-14(17)16-7-6-11-4-5-12(15(18)19)9-13(11)22-2/h4-5,9H,3,6-8,10H2,1-2H3,(H,16,17)(H,18,19). The van der Waals surface area contributed by atoms with Crippen molar-refractivity contribution in [1.29, 1.82) is 0 Å². The van der Waals surface area contributed by atoms with Gasteiger partial charge in [-0.3, -0.25) is 4.79 Å². The van der Waals surface area contributed by atoms with Gasteiger partial charge in [0, 0.05) is 6.54 Å². The van der Waals surface area contributed by atoms with Crippen molar-refractivity contribution in [1.82, 2.24) is 5.32 Å². The Labute approximate surface area is 135 Å². The summed E-state index contributed by atoms with van der Waals surface area (Å²) >= 11 is 0. The van der Waals surface area contributed by atoms with Gasteiger partial charge >= 0.3 is 5.97 Å². The van der Waals surface area contributed by atoms with Crippen LogP contribution in [0.5, 0.6) is 5.75 Å². The molecule has 1 amide bonds. The number of benzene rings is 1. The molecule has 1 aromatic carbocycles. The van der Waals surface area contributed by atoms with Gasteiger partial charge in [0.1, 0.15) is 11.5 Å². The largest absolute Gasteiger partial charge is 0.496 e. The molecule has 0 aromatic heterocycles. The van der Waals surface area contributed by atoms with Gasteiger partial charge in [-0.2, -0.15) is 0 Å². The van der Waals surface area contributed by atoms with Crippen LogP contribution in [-0.2, 0) is 21.1 Å². The van der Waals surface area contributed by atoms with E-state index in [1.54, 1.807) is 13.0 Å². The number of carboxylic acids is 1. The number of hydrogen-bond acceptors (Lipinski definition) is 5. The SMILES string of the molecule is CCCS(=O)(=O)CC(=O)NCCc1ccc(C(=O)O)cc1OC. The predicted molar refractivity (Wildman–Crippen MR) is 85.6 cm³/mol. The molecular weight excluding hydrogens is 322 g/mol. The summed E-state index contributed by atoms with van der Waals surface area (Å²) < 4.78 is 28.2. The van der Waals surface area contributed by atoms with Crippen LogP contribution in [0.25, 0.3) is 0 Å². The van der Waals surface area contributed by atoms with E-state index in [0.717, 1.165) is 5.56 Å². The van der Waals surface area contributed by atoms with Gasteiger partial charge in [0.25, 0.3) is 0 Å². The van der Waals surface area contributed by atoms with Gasteiger partial charge in [0.15, 0.2) is 9.84 Å². The number of hydrogen-bond donors (Lipinski definition) is 2. The third-order valence-corrected chi connectivity index (χ3v) is 4.85. The summed E-state index contributed by atoms with van der Waals surface area (Å²) in [5.41, 5.74) is 0.842. The van der Waals surface area contributed by atoms with E-state index in [0.29, 0.717) is 18.6 Å². The first kappa shape index (κ1) is 19.0. The molecule has 0 radical (unpaired) electrons. The second kappa shape index (κ2) is 8.52. The molecule has 128 valence electrons. The van der Waals surface area contributed by atoms with Crippen LogP contribution in [0.2, 0.25) is 0 Å². The number of aromatic carboxylic acids is 1. The predicted octanol–water partition coefficient (Wildman–Crippen LogP) is 0.877. The fourth-order valence-electron chi connectivity index (χ4n) is 2.05. The van der Waals surface area contributed by atoms with Crippen LogP contribution in [0.4, 0.5) is 0 Å². The summed E-state index contributed by atoms with van der Waals surface area (Å²) in [6, 6.07) is 4.47. The number of carbonyl (C=O) groups is 2. The lowest BCUT2D eigenvalue weighted by molar-refractivity contribution is -0.118. The summed E-state index contributed by atoms with van der Waals surface area (Å²) in [6.45, 7) is 1.98. The zero-order chi connectivity index (χ0) is 17.5. The van der Waals surface area contributed by atoms with Gasteiger partial charge in [-0.25, -0.2) is 13.2 Å². The number of nitrogens with one attached hydrogen (secondary N) is 1. The quantitative estimate of drug-likeness (QED) is 0.689. The fraction of sp³-hybridized carbons (Fsp3) is 0.467. The van der Waals surface area contributed by atoms with Crippen LogP contribution in [0, 0.1) is 0 Å². The highest BCUT2D eigenvalue weighted by molar-refractivity contribution is 7.92. The second-order valence-corrected chi connectivity index (χ2v) is 7.21. The van der Waals surface area contributed by atoms with Gasteiger partial charge < -0.3 is 15.2 Å². The first-order valence-electron chi connectivity index (χ1n) is 7.16. The molecule has 0 bridgehead atoms. The molecule has 0 aliphatic heterocycles. The molecule has 23 heavy (non-hydrogen) atoms. The van der Waals surface area contributed by atoms with E-state index in [2.05, 4.69) is 5.32 Å². The third-order valence-electron chi connectivity index (χ3n) is 3.12. The van der Waals surface area contributed by atoms with E-state index in [1.807, 2.05) is 0 Å². The molecule has 1 rings (SSSR count). The zero-order valence-electron chi connectivity index (χ0n) is 13.2. The van der Waals surface area contributed by atoms with Crippen molar-refractivity contribution >= 4 is 21.7 Å². The molecule has 0 aliphatic rings. The molecule has 0 atom stereocenters. The smallest absolute Gasteiger partial charge is 0.335 e. The average molecular weight is 343 g/mol. The minimum Gasteiger partial charge on any atom is -0.496 e. The van der Waals surface area contributed by atoms with Gasteiger partial charge in [0.2, 0.25) is 5.91 Å². The zero-order valence-corrected chi connectivity index (χ0v) is 14.0. The Morgan fingerprint density at radius 3 is 2.57 bits per heavy atom. The molecule has 8 heteroatoms. The van der Waals surface area contributed by atoms with E-state index in [-0.39, 0.29) is 17.9 Å². The number of amides is 1. The number of carboxylic acid groups (broad SMARTS) is 1. The first-order valence-corrected chi connectivity index (χ1v) is 8.98. The second-order valence-electron chi connectivity index (χ2n) is 5.02. The minimum absolute atomic E-state index is 0.00903. The van der Waals surface area contributed by atoms with Crippen molar-refractivity contribution in [3.8, 4) is 5.75 Å². The Kier molecular flexibility index (Phi) is 7.02. The molecule has 0 fully saturated rings. The Balaban J connectivity index is 2.59. The molecule has 0 saturated carbocycles. The lowest BCUT2D eigenvalue weighted by Gasteiger charge is -2.10. The van der Waals surface area contributed by atoms with Gasteiger partial charge in [-0.05, 0) is 30.5 Å². The molecular formula is C15H21NO6S. The minimum atomic E-state index is -3.36. The molecule has 0 saturated heterocycles. The number of sulfone groups is 1. The van der Waals surface area contributed by atoms with Crippen LogP contribution in [0.15, 0.2) is 18.2 Å². The lowest BCUT2D eigenvalue weighted by atomic mass is 10.1. The molecule has 0 spiro atoms. The summed E-state index contributed by atoms with van der Waals surface area (Å²) in [5, 5.41) is 11.5. The number of carbonyl (C=O) groups excluding carboxylic acids is 1. The van der Waals surface area contributed by atoms with E-state index in [9.17, 15) is 18.0 Å². The Morgan fingerprint density at radius 2 is 2.00 bits per heavy atom. The Hall–Kier alpha value is -2.09. The monoisotopic (exact) mass is 343 g/mol. The maximum Gasteiger partial charge on any atom is 0.335 e. The molecule has 0 unspecified atom stereocenters. The molecule has 2 N–H and O–H groups in total. The van der Waals surface area contributed by atoms with Crippen molar-refractivity contribution < 1.29 is 27.9 Å². The maximum absolute atomic E-state index is 11.6. The van der Waals surface area contributed by atoms with Crippen LogP contribution >= 0.6 is 0 Å². The highest BCUT2D eigenvalue weighted by atomic mass is 32.2. The van der Waals surface area contributed by atoms with E-state index >= 15 is 0 Å². The highest BCUT2D eigenvalue weighted by Gasteiger charge is 2.15. The van der Waals surface area contributed by atoms with Crippen LogP contribution in [0.1, 0.15) is 29.3 Å². The Bertz CT molecular complexity index is 669. The lowest BCUT2D eigenvalue weighted by Crippen LogP contribution is -2.32. The maximum atomic E-state index is 11.6. The summed E-state index contributed by atoms with van der Waals surface area (Å²) in [5.74, 6) is -1.71. The Morgan fingerprint density at radius 1 is 1.30 bits per heavy atom. The highest BCUT2D eigenvalue weighted by Crippen LogP contribution is 2.20. The molecule has 0 heterocycles. The van der Waals surface area contributed by atoms with Crippen molar-refractivity contribution in [3.05, 3.63) is 29.3 Å². The van der Waals surface area contributed by atoms with Crippen molar-refractivity contribution in [2.24, 2.45) is 0 Å². The molecule has 1 aromatic rings. The van der Waals surface area contributed by atoms with Gasteiger partial charge in [-0.1, -0.05) is 13.0 Å². The summed E-state index contributed by atoms with van der Waals surface area (Å²) in [4.78, 5) is 22.5. The van der Waals surface area contributed by atoms with Crippen LogP contribution < -0.4 is 10.1 Å². The first-order chi connectivity index (χ1) is 10.8. The van der Waals surface area contributed by atoms with E-state index in [1.165, 1.54) is 19.2 Å². The third kappa shape index (κ3) is 6.27. The van der Waals surface area contributed by atoms with Crippen LogP contribution in [0.3, 0.4) is 0 Å². The molecule has 7 nitrogen and oxygen atoms in total. The van der Waals surface area contributed by atoms with E-state index < -0.39 is 27.5 Å². The molecule has 0 aliphatic carbocycles. The number of ether oxygens (including phenoxy) is 1. The van der Waals surface area contributed by atoms with Crippen molar-refractivity contribution in [2.45, 2.75) is 19.8 Å². The van der Waals surface area contributed by atoms with Gasteiger partial charge in [0.05, 0.1) is 18.4 Å².